The van der Waals surface area contributed by atoms with Crippen LogP contribution in [0.5, 0.6) is 0 Å². The van der Waals surface area contributed by atoms with E-state index >= 15 is 0 Å². The van der Waals surface area contributed by atoms with Crippen molar-refractivity contribution in [1.82, 2.24) is 15.2 Å². The lowest BCUT2D eigenvalue weighted by molar-refractivity contribution is -0.120. The second kappa shape index (κ2) is 6.93. The maximum absolute atomic E-state index is 12.1. The molecule has 0 spiro atoms. The monoisotopic (exact) mass is 379 g/mol. The van der Waals surface area contributed by atoms with Crippen molar-refractivity contribution in [3.05, 3.63) is 44.3 Å². The molecule has 0 aliphatic heterocycles. The molecular formula is C12H11Cl2N3O3S2. The van der Waals surface area contributed by atoms with E-state index in [1.54, 1.807) is 5.38 Å². The van der Waals surface area contributed by atoms with Gasteiger partial charge in [-0.25, -0.2) is 13.4 Å². The molecule has 10 heteroatoms. The lowest BCUT2D eigenvalue weighted by Gasteiger charge is -2.09. The van der Waals surface area contributed by atoms with E-state index in [2.05, 4.69) is 10.4 Å². The summed E-state index contributed by atoms with van der Waals surface area (Å²) in [5, 5.41) is 2.78. The molecular weight excluding hydrogens is 369 g/mol. The van der Waals surface area contributed by atoms with Crippen LogP contribution in [0.3, 0.4) is 0 Å². The largest absolute Gasteiger partial charge is 0.277 e. The molecule has 0 saturated carbocycles. The highest BCUT2D eigenvalue weighted by Crippen LogP contribution is 2.24. The lowest BCUT2D eigenvalue weighted by atomic mass is 10.3. The summed E-state index contributed by atoms with van der Waals surface area (Å²) in [7, 11) is -4.01. The minimum absolute atomic E-state index is 0.00118. The number of thiazole rings is 1. The zero-order valence-electron chi connectivity index (χ0n) is 11.3. The van der Waals surface area contributed by atoms with Crippen LogP contribution in [0.2, 0.25) is 10.0 Å². The smallest absolute Gasteiger partial charge is 0.258 e. The van der Waals surface area contributed by atoms with Crippen molar-refractivity contribution in [2.24, 2.45) is 0 Å². The van der Waals surface area contributed by atoms with E-state index in [0.717, 1.165) is 5.01 Å². The van der Waals surface area contributed by atoms with E-state index in [1.807, 2.05) is 11.8 Å². The highest BCUT2D eigenvalue weighted by atomic mass is 35.5. The second-order valence-electron chi connectivity index (χ2n) is 4.26. The number of benzene rings is 1. The topological polar surface area (TPSA) is 88.2 Å². The van der Waals surface area contributed by atoms with E-state index in [9.17, 15) is 13.2 Å². The van der Waals surface area contributed by atoms with Crippen molar-refractivity contribution in [2.45, 2.75) is 18.2 Å². The molecule has 0 saturated heterocycles. The van der Waals surface area contributed by atoms with Gasteiger partial charge in [-0.05, 0) is 25.1 Å². The first-order valence-corrected chi connectivity index (χ1v) is 9.06. The third-order valence-electron chi connectivity index (χ3n) is 2.52. The van der Waals surface area contributed by atoms with E-state index in [1.165, 1.54) is 29.5 Å². The van der Waals surface area contributed by atoms with Gasteiger partial charge in [0.1, 0.15) is 4.90 Å². The Morgan fingerprint density at radius 1 is 1.36 bits per heavy atom. The molecule has 6 nitrogen and oxygen atoms in total. The SMILES string of the molecule is Cc1nc(CC(=O)NNS(=O)(=O)c2cc(Cl)ccc2Cl)cs1. The fourth-order valence-corrected chi connectivity index (χ4v) is 3.80. The fraction of sp³-hybridized carbons (Fsp3) is 0.167. The van der Waals surface area contributed by atoms with Gasteiger partial charge in [0.05, 0.1) is 22.1 Å². The molecule has 1 heterocycles. The van der Waals surface area contributed by atoms with Gasteiger partial charge in [0, 0.05) is 10.4 Å². The van der Waals surface area contributed by atoms with Crippen LogP contribution in [0, 0.1) is 6.92 Å². The molecule has 0 aliphatic carbocycles. The summed E-state index contributed by atoms with van der Waals surface area (Å²) >= 11 is 13.0. The quantitative estimate of drug-likeness (QED) is 0.780. The van der Waals surface area contributed by atoms with Crippen molar-refractivity contribution in [3.8, 4) is 0 Å². The Kier molecular flexibility index (Phi) is 5.41. The second-order valence-corrected chi connectivity index (χ2v) is 7.82. The number of hydrazine groups is 1. The summed E-state index contributed by atoms with van der Waals surface area (Å²) in [5.74, 6) is -0.535. The zero-order valence-corrected chi connectivity index (χ0v) is 14.4. The Morgan fingerprint density at radius 3 is 2.73 bits per heavy atom. The van der Waals surface area contributed by atoms with Crippen molar-refractivity contribution < 1.29 is 13.2 Å². The number of nitrogens with one attached hydrogen (secondary N) is 2. The molecule has 118 valence electrons. The molecule has 1 amide bonds. The van der Waals surface area contributed by atoms with Crippen LogP contribution in [0.4, 0.5) is 0 Å². The van der Waals surface area contributed by atoms with Gasteiger partial charge < -0.3 is 0 Å². The Hall–Kier alpha value is -1.19. The first kappa shape index (κ1) is 17.2. The molecule has 2 aromatic rings. The predicted molar refractivity (Wildman–Crippen MR) is 85.5 cm³/mol. The lowest BCUT2D eigenvalue weighted by Crippen LogP contribution is -2.42. The van der Waals surface area contributed by atoms with Gasteiger partial charge in [-0.1, -0.05) is 23.2 Å². The summed E-state index contributed by atoms with van der Waals surface area (Å²) in [4.78, 5) is 17.6. The van der Waals surface area contributed by atoms with Crippen molar-refractivity contribution >= 4 is 50.5 Å². The summed E-state index contributed by atoms with van der Waals surface area (Å²) < 4.78 is 24.2. The van der Waals surface area contributed by atoms with Crippen molar-refractivity contribution in [2.75, 3.05) is 0 Å². The highest BCUT2D eigenvalue weighted by Gasteiger charge is 2.19. The number of sulfonamides is 1. The molecule has 0 fully saturated rings. The number of hydrogen-bond acceptors (Lipinski definition) is 5. The third-order valence-corrected chi connectivity index (χ3v) is 5.30. The fourth-order valence-electron chi connectivity index (χ4n) is 1.56. The maximum Gasteiger partial charge on any atom is 0.258 e. The van der Waals surface area contributed by atoms with E-state index in [4.69, 9.17) is 23.2 Å². The van der Waals surface area contributed by atoms with Gasteiger partial charge in [0.15, 0.2) is 0 Å². The Morgan fingerprint density at radius 2 is 2.09 bits per heavy atom. The minimum Gasteiger partial charge on any atom is -0.277 e. The van der Waals surface area contributed by atoms with Crippen molar-refractivity contribution in [3.63, 3.8) is 0 Å². The minimum atomic E-state index is -4.01. The molecule has 1 aromatic heterocycles. The number of nitrogens with zero attached hydrogens (tertiary/aromatic N) is 1. The average Bonchev–Trinajstić information content (AvgIpc) is 2.84. The van der Waals surface area contributed by atoms with Gasteiger partial charge >= 0.3 is 0 Å². The van der Waals surface area contributed by atoms with Crippen LogP contribution in [0.1, 0.15) is 10.7 Å². The first-order valence-electron chi connectivity index (χ1n) is 5.94. The molecule has 1 aromatic carbocycles. The number of aromatic nitrogens is 1. The Labute approximate surface area is 141 Å². The maximum atomic E-state index is 12.1. The molecule has 2 rings (SSSR count). The number of rotatable bonds is 5. The number of hydrogen-bond donors (Lipinski definition) is 2. The van der Waals surface area contributed by atoms with Crippen LogP contribution < -0.4 is 10.3 Å². The van der Waals surface area contributed by atoms with Crippen LogP contribution in [-0.2, 0) is 21.2 Å². The first-order chi connectivity index (χ1) is 10.3. The van der Waals surface area contributed by atoms with Crippen molar-refractivity contribution in [1.29, 1.82) is 0 Å². The van der Waals surface area contributed by atoms with Gasteiger partial charge in [0.2, 0.25) is 5.91 Å². The zero-order chi connectivity index (χ0) is 16.3. The van der Waals surface area contributed by atoms with Crippen LogP contribution in [-0.4, -0.2) is 19.3 Å². The molecule has 0 atom stereocenters. The van der Waals surface area contributed by atoms with E-state index in [-0.39, 0.29) is 21.4 Å². The summed E-state index contributed by atoms with van der Waals surface area (Å²) in [5.41, 5.74) is 2.68. The van der Waals surface area contributed by atoms with E-state index < -0.39 is 15.9 Å². The molecule has 22 heavy (non-hydrogen) atoms. The number of amides is 1. The predicted octanol–water partition coefficient (Wildman–Crippen LogP) is 2.31. The van der Waals surface area contributed by atoms with Gasteiger partial charge in [-0.15, -0.1) is 16.2 Å². The molecule has 0 radical (unpaired) electrons. The molecule has 0 bridgehead atoms. The van der Waals surface area contributed by atoms with Crippen LogP contribution >= 0.6 is 34.5 Å². The number of halogens is 2. The van der Waals surface area contributed by atoms with Crippen LogP contribution in [0.25, 0.3) is 0 Å². The van der Waals surface area contributed by atoms with Gasteiger partial charge in [-0.2, -0.15) is 0 Å². The average molecular weight is 380 g/mol. The number of carbonyl (C=O) groups excluding carboxylic acids is 1. The normalized spacial score (nSPS) is 11.4. The Balaban J connectivity index is 2.03. The molecule has 0 aliphatic rings. The number of carbonyl (C=O) groups is 1. The number of aryl methyl sites for hydroxylation is 1. The standard InChI is InChI=1S/C12H11Cl2N3O3S2/c1-7-15-9(6-21-7)5-12(18)16-17-22(19,20)11-4-8(13)2-3-10(11)14/h2-4,6,17H,5H2,1H3,(H,16,18). The summed E-state index contributed by atoms with van der Waals surface area (Å²) in [6, 6.07) is 4.02. The van der Waals surface area contributed by atoms with Gasteiger partial charge in [-0.3, -0.25) is 10.2 Å². The third kappa shape index (κ3) is 4.40. The van der Waals surface area contributed by atoms with Gasteiger partial charge in [0.25, 0.3) is 10.0 Å². The molecule has 0 unspecified atom stereocenters. The highest BCUT2D eigenvalue weighted by molar-refractivity contribution is 7.89. The summed E-state index contributed by atoms with van der Waals surface area (Å²) in [6.45, 7) is 1.82. The molecule has 2 N–H and O–H groups in total. The summed E-state index contributed by atoms with van der Waals surface area (Å²) in [6.07, 6.45) is -0.0316. The van der Waals surface area contributed by atoms with E-state index in [0.29, 0.717) is 5.69 Å². The van der Waals surface area contributed by atoms with Crippen LogP contribution in [0.15, 0.2) is 28.5 Å². The Bertz CT molecular complexity index is 806.